The van der Waals surface area contributed by atoms with Crippen molar-refractivity contribution in [2.75, 3.05) is 0 Å². The summed E-state index contributed by atoms with van der Waals surface area (Å²) in [6, 6.07) is 39.8. The molecule has 0 spiro atoms. The Morgan fingerprint density at radius 1 is 0.756 bits per heavy atom. The van der Waals surface area contributed by atoms with Crippen molar-refractivity contribution in [1.29, 1.82) is 0 Å². The molecule has 0 atom stereocenters. The number of pyridine rings is 2. The number of aryl methyl sites for hydroxylation is 1. The van der Waals surface area contributed by atoms with Crippen LogP contribution in [0.4, 0.5) is 0 Å². The standard InChI is InChI=1S/C27H21BNO2.C12H10N.Ir/c1-27(2,3)17-14-15-29-21(16-17)18-12-13-24-25-26(18)31-23-11-7-5-9-20(23)28(25)19-8-4-6-10-22(19)30-24;1-10-7-8-12(13-9-10)11-5-3-2-4-6-11;/h4-11,13-16H,1-3H3;2-5,7-9H,1H3;/q2*-1;/i;1D3;. The summed E-state index contributed by atoms with van der Waals surface area (Å²) in [6.07, 6.45) is 3.26. The van der Waals surface area contributed by atoms with Gasteiger partial charge in [0, 0.05) is 48.1 Å². The summed E-state index contributed by atoms with van der Waals surface area (Å²) in [5.74, 6) is 3.34. The van der Waals surface area contributed by atoms with E-state index in [1.165, 1.54) is 11.8 Å². The third kappa shape index (κ3) is 5.96. The summed E-state index contributed by atoms with van der Waals surface area (Å²) in [5.41, 5.74) is 8.19. The summed E-state index contributed by atoms with van der Waals surface area (Å²) in [4.78, 5) is 8.80. The molecule has 45 heavy (non-hydrogen) atoms. The van der Waals surface area contributed by atoms with Gasteiger partial charge in [0.1, 0.15) is 11.5 Å². The Hall–Kier alpha value is -4.51. The average molecular weight is 766 g/mol. The van der Waals surface area contributed by atoms with Crippen LogP contribution in [0.15, 0.2) is 116 Å². The number of aromatic nitrogens is 2. The van der Waals surface area contributed by atoms with Crippen LogP contribution in [-0.4, -0.2) is 16.7 Å². The molecule has 6 aromatic rings. The minimum atomic E-state index is -2.09. The zero-order valence-corrected chi connectivity index (χ0v) is 27.5. The predicted molar refractivity (Wildman–Crippen MR) is 178 cm³/mol. The number of hydrogen-bond acceptors (Lipinski definition) is 4. The van der Waals surface area contributed by atoms with Gasteiger partial charge in [-0.15, -0.1) is 48.0 Å². The van der Waals surface area contributed by atoms with E-state index in [2.05, 4.69) is 79.3 Å². The molecule has 0 fully saturated rings. The van der Waals surface area contributed by atoms with E-state index in [4.69, 9.17) is 13.6 Å². The van der Waals surface area contributed by atoms with Gasteiger partial charge in [-0.3, -0.25) is 0 Å². The van der Waals surface area contributed by atoms with Crippen LogP contribution in [0, 0.1) is 19.0 Å². The molecule has 1 radical (unpaired) electrons. The van der Waals surface area contributed by atoms with Gasteiger partial charge in [0.15, 0.2) is 0 Å². The molecule has 2 aromatic heterocycles. The quantitative estimate of drug-likeness (QED) is 0.136. The SMILES string of the molecule is CC(C)(C)c1ccnc(-c2[c-]cc3c4c2Oc2ccccc2B4c2ccccc2O3)c1.[2H]C([2H])([2H])c1ccc(-c2[c-]cccc2)nc1.[Ir]. The van der Waals surface area contributed by atoms with Gasteiger partial charge < -0.3 is 19.4 Å². The van der Waals surface area contributed by atoms with Crippen LogP contribution in [0.2, 0.25) is 0 Å². The normalized spacial score (nSPS) is 13.4. The van der Waals surface area contributed by atoms with Crippen LogP contribution in [-0.2, 0) is 25.5 Å². The number of rotatable bonds is 2. The van der Waals surface area contributed by atoms with Crippen LogP contribution in [0.25, 0.3) is 22.5 Å². The number of benzene rings is 4. The smallest absolute Gasteiger partial charge is 0.239 e. The van der Waals surface area contributed by atoms with Gasteiger partial charge in [-0.25, -0.2) is 0 Å². The van der Waals surface area contributed by atoms with E-state index in [0.717, 1.165) is 61.9 Å². The molecule has 2 aliphatic heterocycles. The number of ether oxygens (including phenoxy) is 2. The number of hydrogen-bond donors (Lipinski definition) is 0. The number of para-hydroxylation sites is 2. The first-order valence-electron chi connectivity index (χ1n) is 16.1. The second-order valence-corrected chi connectivity index (χ2v) is 11.9. The van der Waals surface area contributed by atoms with Crippen molar-refractivity contribution >= 4 is 23.1 Å². The van der Waals surface area contributed by atoms with Crippen LogP contribution in [0.3, 0.4) is 0 Å². The van der Waals surface area contributed by atoms with E-state index >= 15 is 0 Å². The third-order valence-corrected chi connectivity index (χ3v) is 7.90. The minimum absolute atomic E-state index is 0. The minimum Gasteiger partial charge on any atom is -0.503 e. The van der Waals surface area contributed by atoms with Gasteiger partial charge in [0.2, 0.25) is 6.71 Å². The summed E-state index contributed by atoms with van der Waals surface area (Å²) in [5, 5.41) is 0. The van der Waals surface area contributed by atoms with E-state index in [0.29, 0.717) is 0 Å². The van der Waals surface area contributed by atoms with Gasteiger partial charge in [-0.2, -0.15) is 0 Å². The monoisotopic (exact) mass is 766 g/mol. The predicted octanol–water partition coefficient (Wildman–Crippen LogP) is 7.43. The Morgan fingerprint density at radius 3 is 2.16 bits per heavy atom. The maximum Gasteiger partial charge on any atom is 0.239 e. The molecule has 223 valence electrons. The van der Waals surface area contributed by atoms with Crippen molar-refractivity contribution in [1.82, 2.24) is 9.97 Å². The van der Waals surface area contributed by atoms with Crippen molar-refractivity contribution in [3.8, 4) is 45.5 Å². The van der Waals surface area contributed by atoms with Gasteiger partial charge in [-0.05, 0) is 63.9 Å². The van der Waals surface area contributed by atoms with Crippen LogP contribution < -0.4 is 25.9 Å². The van der Waals surface area contributed by atoms with Gasteiger partial charge >= 0.3 is 0 Å². The summed E-state index contributed by atoms with van der Waals surface area (Å²) in [6.45, 7) is 4.59. The summed E-state index contributed by atoms with van der Waals surface area (Å²) >= 11 is 0. The molecule has 0 amide bonds. The Labute approximate surface area is 283 Å². The topological polar surface area (TPSA) is 44.2 Å². The van der Waals surface area contributed by atoms with Crippen LogP contribution >= 0.6 is 0 Å². The molecular weight excluding hydrogens is 731 g/mol. The first-order chi connectivity index (χ1) is 22.6. The van der Waals surface area contributed by atoms with Crippen LogP contribution in [0.1, 0.15) is 36.0 Å². The molecular formula is C39H31BIrN2O2-2. The molecule has 6 heteroatoms. The second-order valence-electron chi connectivity index (χ2n) is 11.9. The van der Waals surface area contributed by atoms with Crippen LogP contribution in [0.5, 0.6) is 23.0 Å². The molecule has 4 heterocycles. The van der Waals surface area contributed by atoms with Gasteiger partial charge in [-0.1, -0.05) is 86.4 Å². The Bertz CT molecular complexity index is 2070. The van der Waals surface area contributed by atoms with E-state index in [-0.39, 0.29) is 37.8 Å². The fourth-order valence-electron chi connectivity index (χ4n) is 5.65. The van der Waals surface area contributed by atoms with E-state index in [9.17, 15) is 0 Å². The number of nitrogens with zero attached hydrogens (tertiary/aromatic N) is 2. The molecule has 2 aliphatic rings. The van der Waals surface area contributed by atoms with Crippen molar-refractivity contribution in [3.05, 3.63) is 139 Å². The van der Waals surface area contributed by atoms with E-state index in [1.807, 2.05) is 54.7 Å². The molecule has 0 unspecified atom stereocenters. The van der Waals surface area contributed by atoms with Gasteiger partial charge in [0.05, 0.1) is 0 Å². The maximum absolute atomic E-state index is 7.23. The Kier molecular flexibility index (Phi) is 7.45. The molecule has 8 rings (SSSR count). The molecule has 4 aromatic carbocycles. The molecule has 0 aliphatic carbocycles. The maximum atomic E-state index is 7.23. The summed E-state index contributed by atoms with van der Waals surface area (Å²) < 4.78 is 34.5. The molecule has 4 nitrogen and oxygen atoms in total. The van der Waals surface area contributed by atoms with E-state index < -0.39 is 6.85 Å². The van der Waals surface area contributed by atoms with Crippen molar-refractivity contribution in [2.45, 2.75) is 33.0 Å². The Morgan fingerprint density at radius 2 is 1.49 bits per heavy atom. The van der Waals surface area contributed by atoms with E-state index in [1.54, 1.807) is 18.2 Å². The average Bonchev–Trinajstić information content (AvgIpc) is 3.08. The van der Waals surface area contributed by atoms with Gasteiger partial charge in [0.25, 0.3) is 0 Å². The zero-order chi connectivity index (χ0) is 32.8. The van der Waals surface area contributed by atoms with Crippen molar-refractivity contribution in [3.63, 3.8) is 0 Å². The van der Waals surface area contributed by atoms with Crippen molar-refractivity contribution < 1.29 is 33.7 Å². The molecule has 0 N–H and O–H groups in total. The molecule has 0 saturated carbocycles. The first kappa shape index (κ1) is 26.9. The first-order valence-corrected chi connectivity index (χ1v) is 14.6. The summed E-state index contributed by atoms with van der Waals surface area (Å²) in [7, 11) is 0. The fourth-order valence-corrected chi connectivity index (χ4v) is 5.65. The number of fused-ring (bicyclic) bond motifs is 4. The van der Waals surface area contributed by atoms with Crippen molar-refractivity contribution in [2.24, 2.45) is 0 Å². The zero-order valence-electron chi connectivity index (χ0n) is 28.1. The second kappa shape index (κ2) is 12.5. The molecule has 0 saturated heterocycles. The fraction of sp³-hybridized carbons (Fsp3) is 0.128. The Balaban J connectivity index is 0.000000201. The molecule has 0 bridgehead atoms. The largest absolute Gasteiger partial charge is 0.503 e. The third-order valence-electron chi connectivity index (χ3n) is 7.90.